The predicted molar refractivity (Wildman–Crippen MR) is 110 cm³/mol. The van der Waals surface area contributed by atoms with Crippen molar-refractivity contribution in [1.29, 1.82) is 0 Å². The lowest BCUT2D eigenvalue weighted by Crippen LogP contribution is -2.17. The number of hydrogen-bond donors (Lipinski definition) is 1. The number of hydrazone groups is 1. The molecule has 4 rings (SSSR count). The summed E-state index contributed by atoms with van der Waals surface area (Å²) in [7, 11) is 0. The fraction of sp³-hybridized carbons (Fsp3) is 0.0455. The van der Waals surface area contributed by atoms with Crippen LogP contribution in [0.2, 0.25) is 0 Å². The van der Waals surface area contributed by atoms with Crippen molar-refractivity contribution in [2.24, 2.45) is 5.10 Å². The maximum atomic E-state index is 13.6. The van der Waals surface area contributed by atoms with E-state index in [1.165, 1.54) is 10.9 Å². The van der Waals surface area contributed by atoms with Gasteiger partial charge in [-0.15, -0.1) is 10.2 Å². The van der Waals surface area contributed by atoms with Gasteiger partial charge in [0.25, 0.3) is 5.91 Å². The van der Waals surface area contributed by atoms with E-state index in [0.29, 0.717) is 17.9 Å². The van der Waals surface area contributed by atoms with E-state index in [4.69, 9.17) is 0 Å². The smallest absolute Gasteiger partial charge is 0.267 e. The molecule has 0 fully saturated rings. The summed E-state index contributed by atoms with van der Waals surface area (Å²) in [6, 6.07) is 19.4. The zero-order valence-electron chi connectivity index (χ0n) is 16.1. The SMILES string of the molecule is O=C(N/N=C/c1ccc(F)cc1F)c1ccc(Cn2nnc(-c3ccccc3)n2)cc1. The Morgan fingerprint density at radius 1 is 1.03 bits per heavy atom. The molecule has 154 valence electrons. The van der Waals surface area contributed by atoms with Gasteiger partial charge in [-0.1, -0.05) is 42.5 Å². The van der Waals surface area contributed by atoms with Crippen molar-refractivity contribution in [3.63, 3.8) is 0 Å². The number of nitrogens with one attached hydrogen (secondary N) is 1. The third kappa shape index (κ3) is 5.02. The number of aromatic nitrogens is 4. The minimum Gasteiger partial charge on any atom is -0.267 e. The second-order valence-electron chi connectivity index (χ2n) is 6.57. The van der Waals surface area contributed by atoms with Gasteiger partial charge in [0.15, 0.2) is 0 Å². The first-order chi connectivity index (χ1) is 15.1. The number of rotatable bonds is 6. The molecule has 0 saturated heterocycles. The number of amides is 1. The van der Waals surface area contributed by atoms with Crippen molar-refractivity contribution < 1.29 is 13.6 Å². The monoisotopic (exact) mass is 418 g/mol. The van der Waals surface area contributed by atoms with Crippen LogP contribution in [0.4, 0.5) is 8.78 Å². The summed E-state index contributed by atoms with van der Waals surface area (Å²) >= 11 is 0. The van der Waals surface area contributed by atoms with Crippen LogP contribution in [0.25, 0.3) is 11.4 Å². The molecule has 9 heteroatoms. The quantitative estimate of drug-likeness (QED) is 0.384. The first-order valence-electron chi connectivity index (χ1n) is 9.29. The van der Waals surface area contributed by atoms with Gasteiger partial charge in [-0.05, 0) is 35.0 Å². The topological polar surface area (TPSA) is 85.1 Å². The second kappa shape index (κ2) is 9.04. The third-order valence-corrected chi connectivity index (χ3v) is 4.36. The van der Waals surface area contributed by atoms with Crippen LogP contribution in [-0.4, -0.2) is 32.3 Å². The molecule has 0 atom stereocenters. The largest absolute Gasteiger partial charge is 0.271 e. The van der Waals surface area contributed by atoms with E-state index in [0.717, 1.165) is 29.5 Å². The highest BCUT2D eigenvalue weighted by atomic mass is 19.1. The Kier molecular flexibility index (Phi) is 5.84. The molecule has 1 aromatic heterocycles. The van der Waals surface area contributed by atoms with E-state index in [1.54, 1.807) is 24.3 Å². The fourth-order valence-corrected chi connectivity index (χ4v) is 2.77. The average molecular weight is 418 g/mol. The maximum Gasteiger partial charge on any atom is 0.271 e. The first kappa shape index (κ1) is 20.0. The van der Waals surface area contributed by atoms with Gasteiger partial charge in [-0.3, -0.25) is 4.79 Å². The number of benzene rings is 3. The van der Waals surface area contributed by atoms with Crippen molar-refractivity contribution in [3.8, 4) is 11.4 Å². The van der Waals surface area contributed by atoms with Crippen LogP contribution >= 0.6 is 0 Å². The van der Waals surface area contributed by atoms with Crippen molar-refractivity contribution in [2.75, 3.05) is 0 Å². The number of halogens is 2. The van der Waals surface area contributed by atoms with Crippen LogP contribution in [0.3, 0.4) is 0 Å². The Hall–Kier alpha value is -4.27. The molecule has 7 nitrogen and oxygen atoms in total. The molecule has 31 heavy (non-hydrogen) atoms. The van der Waals surface area contributed by atoms with Crippen molar-refractivity contribution in [1.82, 2.24) is 25.6 Å². The van der Waals surface area contributed by atoms with Gasteiger partial charge in [0.1, 0.15) is 11.6 Å². The van der Waals surface area contributed by atoms with Crippen molar-refractivity contribution >= 4 is 12.1 Å². The van der Waals surface area contributed by atoms with Crippen LogP contribution in [0.1, 0.15) is 21.5 Å². The van der Waals surface area contributed by atoms with Crippen LogP contribution in [0.5, 0.6) is 0 Å². The molecule has 0 aliphatic rings. The maximum absolute atomic E-state index is 13.6. The van der Waals surface area contributed by atoms with E-state index in [1.807, 2.05) is 30.3 Å². The molecule has 0 saturated carbocycles. The van der Waals surface area contributed by atoms with Crippen molar-refractivity contribution in [2.45, 2.75) is 6.54 Å². The van der Waals surface area contributed by atoms with E-state index in [-0.39, 0.29) is 5.56 Å². The molecule has 3 aromatic carbocycles. The van der Waals surface area contributed by atoms with Gasteiger partial charge in [0, 0.05) is 22.8 Å². The fourth-order valence-electron chi connectivity index (χ4n) is 2.77. The number of nitrogens with zero attached hydrogens (tertiary/aromatic N) is 5. The number of carbonyl (C=O) groups is 1. The highest BCUT2D eigenvalue weighted by Crippen LogP contribution is 2.13. The third-order valence-electron chi connectivity index (χ3n) is 4.36. The normalized spacial score (nSPS) is 11.0. The summed E-state index contributed by atoms with van der Waals surface area (Å²) in [5.74, 6) is -1.38. The molecule has 1 heterocycles. The highest BCUT2D eigenvalue weighted by Gasteiger charge is 2.08. The Balaban J connectivity index is 1.36. The standard InChI is InChI=1S/C22H16F2N6O/c23-19-11-10-18(20(24)12-19)13-25-27-22(31)17-8-6-15(7-9-17)14-30-28-21(26-29-30)16-4-2-1-3-5-16/h1-13H,14H2,(H,27,31)/b25-13+. The van der Waals surface area contributed by atoms with Crippen LogP contribution in [-0.2, 0) is 6.54 Å². The lowest BCUT2D eigenvalue weighted by atomic mass is 10.1. The summed E-state index contributed by atoms with van der Waals surface area (Å²) in [4.78, 5) is 13.7. The van der Waals surface area contributed by atoms with Gasteiger partial charge in [-0.25, -0.2) is 14.2 Å². The molecule has 0 aliphatic carbocycles. The highest BCUT2D eigenvalue weighted by molar-refractivity contribution is 5.94. The Morgan fingerprint density at radius 3 is 2.55 bits per heavy atom. The summed E-state index contributed by atoms with van der Waals surface area (Å²) in [5.41, 5.74) is 4.50. The molecule has 1 N–H and O–H groups in total. The summed E-state index contributed by atoms with van der Waals surface area (Å²) in [5, 5.41) is 16.2. The lowest BCUT2D eigenvalue weighted by Gasteiger charge is -2.03. The van der Waals surface area contributed by atoms with E-state index in [2.05, 4.69) is 25.9 Å². The van der Waals surface area contributed by atoms with Gasteiger partial charge in [0.05, 0.1) is 12.8 Å². The molecule has 0 bridgehead atoms. The van der Waals surface area contributed by atoms with Crippen LogP contribution in [0.15, 0.2) is 77.9 Å². The summed E-state index contributed by atoms with van der Waals surface area (Å²) in [6.45, 7) is 0.393. The molecule has 0 unspecified atom stereocenters. The minimum atomic E-state index is -0.764. The number of carbonyl (C=O) groups excluding carboxylic acids is 1. The molecule has 4 aromatic rings. The Morgan fingerprint density at radius 2 is 1.81 bits per heavy atom. The summed E-state index contributed by atoms with van der Waals surface area (Å²) < 4.78 is 26.5. The van der Waals surface area contributed by atoms with Crippen LogP contribution < -0.4 is 5.43 Å². The molecular weight excluding hydrogens is 402 g/mol. The molecular formula is C22H16F2N6O. The zero-order chi connectivity index (χ0) is 21.6. The zero-order valence-corrected chi connectivity index (χ0v) is 16.1. The molecule has 0 aliphatic heterocycles. The van der Waals surface area contributed by atoms with Crippen LogP contribution in [0, 0.1) is 11.6 Å². The molecule has 1 amide bonds. The summed E-state index contributed by atoms with van der Waals surface area (Å²) in [6.07, 6.45) is 1.11. The van der Waals surface area contributed by atoms with Gasteiger partial charge < -0.3 is 0 Å². The number of hydrogen-bond acceptors (Lipinski definition) is 5. The lowest BCUT2D eigenvalue weighted by molar-refractivity contribution is 0.0955. The molecule has 0 radical (unpaired) electrons. The molecule has 0 spiro atoms. The van der Waals surface area contributed by atoms with Gasteiger partial charge in [-0.2, -0.15) is 9.90 Å². The second-order valence-corrected chi connectivity index (χ2v) is 6.57. The van der Waals surface area contributed by atoms with Gasteiger partial charge >= 0.3 is 0 Å². The van der Waals surface area contributed by atoms with E-state index >= 15 is 0 Å². The minimum absolute atomic E-state index is 0.0623. The van der Waals surface area contributed by atoms with Gasteiger partial charge in [0.2, 0.25) is 5.82 Å². The van der Waals surface area contributed by atoms with E-state index in [9.17, 15) is 13.6 Å². The first-order valence-corrected chi connectivity index (χ1v) is 9.29. The van der Waals surface area contributed by atoms with Crippen molar-refractivity contribution in [3.05, 3.63) is 101 Å². The Labute approximate surface area is 176 Å². The number of tetrazole rings is 1. The predicted octanol–water partition coefficient (Wildman–Crippen LogP) is 3.43. The Bertz CT molecular complexity index is 1220. The average Bonchev–Trinajstić information content (AvgIpc) is 3.25. The van der Waals surface area contributed by atoms with E-state index < -0.39 is 17.5 Å².